The van der Waals surface area contributed by atoms with Crippen molar-refractivity contribution in [2.24, 2.45) is 0 Å². The highest BCUT2D eigenvalue weighted by atomic mass is 79.9. The monoisotopic (exact) mass is 285 g/mol. The summed E-state index contributed by atoms with van der Waals surface area (Å²) in [6.45, 7) is 0. The first-order valence-electron chi connectivity index (χ1n) is 3.95. The van der Waals surface area contributed by atoms with Crippen LogP contribution in [0.5, 0.6) is 0 Å². The highest BCUT2D eigenvalue weighted by Crippen LogP contribution is 2.36. The fourth-order valence-corrected chi connectivity index (χ4v) is 3.15. The Bertz CT molecular complexity index is 488. The molecule has 0 aliphatic heterocycles. The Morgan fingerprint density at radius 2 is 2.29 bits per heavy atom. The molecule has 0 amide bonds. The third-order valence-corrected chi connectivity index (χ3v) is 4.31. The van der Waals surface area contributed by atoms with Crippen LogP contribution in [0, 0.1) is 11.3 Å². The van der Waals surface area contributed by atoms with E-state index in [0.717, 1.165) is 24.5 Å². The van der Waals surface area contributed by atoms with Crippen LogP contribution in [0.2, 0.25) is 5.02 Å². The van der Waals surface area contributed by atoms with Gasteiger partial charge in [-0.3, -0.25) is 0 Å². The lowest BCUT2D eigenvalue weighted by Crippen LogP contribution is -1.69. The molecule has 1 aromatic carbocycles. The van der Waals surface area contributed by atoms with Crippen LogP contribution in [0.15, 0.2) is 22.7 Å². The molecule has 2 aromatic rings. The molecule has 0 N–H and O–H groups in total. The van der Waals surface area contributed by atoms with Crippen molar-refractivity contribution in [1.29, 1.82) is 5.26 Å². The van der Waals surface area contributed by atoms with Crippen LogP contribution in [-0.2, 0) is 6.42 Å². The summed E-state index contributed by atoms with van der Waals surface area (Å²) < 4.78 is 2.15. The Hall–Kier alpha value is -0.560. The smallest absolute Gasteiger partial charge is 0.0696 e. The minimum absolute atomic E-state index is 0.447. The fourth-order valence-electron chi connectivity index (χ4n) is 1.27. The minimum atomic E-state index is 0.447. The largest absolute Gasteiger partial charge is 0.198 e. The maximum absolute atomic E-state index is 8.60. The summed E-state index contributed by atoms with van der Waals surface area (Å²) in [4.78, 5) is 1.05. The Labute approximate surface area is 99.0 Å². The average molecular weight is 287 g/mol. The van der Waals surface area contributed by atoms with Crippen LogP contribution in [0.25, 0.3) is 10.1 Å². The van der Waals surface area contributed by atoms with Crippen molar-refractivity contribution in [3.05, 3.63) is 32.6 Å². The van der Waals surface area contributed by atoms with E-state index < -0.39 is 0 Å². The first-order chi connectivity index (χ1) is 6.72. The number of hydrogen-bond donors (Lipinski definition) is 0. The minimum Gasteiger partial charge on any atom is -0.198 e. The van der Waals surface area contributed by atoms with E-state index in [0.29, 0.717) is 6.42 Å². The second kappa shape index (κ2) is 3.90. The van der Waals surface area contributed by atoms with E-state index in [1.165, 1.54) is 0 Å². The van der Waals surface area contributed by atoms with Crippen LogP contribution in [-0.4, -0.2) is 0 Å². The van der Waals surface area contributed by atoms with Crippen molar-refractivity contribution < 1.29 is 0 Å². The average Bonchev–Trinajstić information content (AvgIpc) is 2.57. The van der Waals surface area contributed by atoms with Gasteiger partial charge in [-0.25, -0.2) is 0 Å². The first kappa shape index (κ1) is 9.97. The van der Waals surface area contributed by atoms with Gasteiger partial charge in [-0.2, -0.15) is 5.26 Å². The van der Waals surface area contributed by atoms with Crippen LogP contribution in [0.4, 0.5) is 0 Å². The summed E-state index contributed by atoms with van der Waals surface area (Å²) in [6.07, 6.45) is 0.447. The zero-order valence-electron chi connectivity index (χ0n) is 7.05. The summed E-state index contributed by atoms with van der Waals surface area (Å²) in [5.74, 6) is 0. The Balaban J connectivity index is 2.70. The number of nitrogens with zero attached hydrogens (tertiary/aromatic N) is 1. The molecule has 70 valence electrons. The lowest BCUT2D eigenvalue weighted by Gasteiger charge is -1.94. The zero-order chi connectivity index (χ0) is 10.1. The zero-order valence-corrected chi connectivity index (χ0v) is 10.2. The standard InChI is InChI=1S/C10H5BrClNS/c11-8-1-2-9(12)7-5-6(3-4-13)14-10(7)8/h1-2,5H,3H2. The van der Waals surface area contributed by atoms with Gasteiger partial charge in [0.05, 0.1) is 17.2 Å². The van der Waals surface area contributed by atoms with E-state index in [1.54, 1.807) is 11.3 Å². The van der Waals surface area contributed by atoms with Gasteiger partial charge >= 0.3 is 0 Å². The molecule has 0 bridgehead atoms. The molecule has 2 rings (SSSR count). The van der Waals surface area contributed by atoms with Crippen molar-refractivity contribution in [3.8, 4) is 6.07 Å². The predicted octanol–water partition coefficient (Wildman–Crippen LogP) is 4.38. The Kier molecular flexibility index (Phi) is 2.78. The Morgan fingerprint density at radius 1 is 1.50 bits per heavy atom. The van der Waals surface area contributed by atoms with Crippen LogP contribution in [0.1, 0.15) is 4.88 Å². The second-order valence-corrected chi connectivity index (χ2v) is 5.22. The molecule has 0 saturated carbocycles. The van der Waals surface area contributed by atoms with Gasteiger partial charge in [0.25, 0.3) is 0 Å². The van der Waals surface area contributed by atoms with Crippen molar-refractivity contribution in [2.45, 2.75) is 6.42 Å². The number of rotatable bonds is 1. The molecular formula is C10H5BrClNS. The number of benzene rings is 1. The van der Waals surface area contributed by atoms with E-state index >= 15 is 0 Å². The number of thiophene rings is 1. The van der Waals surface area contributed by atoms with Gasteiger partial charge in [0, 0.05) is 19.8 Å². The van der Waals surface area contributed by atoms with E-state index in [-0.39, 0.29) is 0 Å². The normalized spacial score (nSPS) is 10.4. The summed E-state index contributed by atoms with van der Waals surface area (Å²) in [6, 6.07) is 7.90. The molecule has 0 atom stereocenters. The van der Waals surface area contributed by atoms with Crippen molar-refractivity contribution in [1.82, 2.24) is 0 Å². The van der Waals surface area contributed by atoms with E-state index in [9.17, 15) is 0 Å². The van der Waals surface area contributed by atoms with E-state index in [4.69, 9.17) is 16.9 Å². The SMILES string of the molecule is N#CCc1cc2c(Cl)ccc(Br)c2s1. The van der Waals surface area contributed by atoms with E-state index in [1.807, 2.05) is 18.2 Å². The van der Waals surface area contributed by atoms with Gasteiger partial charge in [-0.15, -0.1) is 11.3 Å². The van der Waals surface area contributed by atoms with Gasteiger partial charge in [-0.05, 0) is 34.1 Å². The van der Waals surface area contributed by atoms with Gasteiger partial charge < -0.3 is 0 Å². The van der Waals surface area contributed by atoms with Crippen LogP contribution in [0.3, 0.4) is 0 Å². The fraction of sp³-hybridized carbons (Fsp3) is 0.100. The highest BCUT2D eigenvalue weighted by molar-refractivity contribution is 9.10. The van der Waals surface area contributed by atoms with Crippen molar-refractivity contribution >= 4 is 49.0 Å². The Morgan fingerprint density at radius 3 is 2.93 bits per heavy atom. The van der Waals surface area contributed by atoms with Gasteiger partial charge in [0.2, 0.25) is 0 Å². The van der Waals surface area contributed by atoms with Gasteiger partial charge in [0.1, 0.15) is 0 Å². The molecule has 1 nitrogen and oxygen atoms in total. The molecule has 1 aromatic heterocycles. The maximum Gasteiger partial charge on any atom is 0.0696 e. The second-order valence-electron chi connectivity index (χ2n) is 2.82. The van der Waals surface area contributed by atoms with Crippen LogP contribution >= 0.6 is 38.9 Å². The molecule has 0 radical (unpaired) electrons. The molecule has 1 heterocycles. The van der Waals surface area contributed by atoms with E-state index in [2.05, 4.69) is 22.0 Å². The molecule has 0 spiro atoms. The molecular weight excluding hydrogens is 282 g/mol. The lowest BCUT2D eigenvalue weighted by atomic mass is 10.2. The van der Waals surface area contributed by atoms with Gasteiger partial charge in [-0.1, -0.05) is 11.6 Å². The number of halogens is 2. The van der Waals surface area contributed by atoms with Crippen molar-refractivity contribution in [2.75, 3.05) is 0 Å². The van der Waals surface area contributed by atoms with Crippen molar-refractivity contribution in [3.63, 3.8) is 0 Å². The predicted molar refractivity (Wildman–Crippen MR) is 63.9 cm³/mol. The van der Waals surface area contributed by atoms with Gasteiger partial charge in [0.15, 0.2) is 0 Å². The molecule has 0 aliphatic rings. The summed E-state index contributed by atoms with van der Waals surface area (Å²) in [7, 11) is 0. The molecule has 0 fully saturated rings. The third-order valence-electron chi connectivity index (χ3n) is 1.89. The quantitative estimate of drug-likeness (QED) is 0.763. The number of hydrogen-bond acceptors (Lipinski definition) is 2. The highest BCUT2D eigenvalue weighted by Gasteiger charge is 2.07. The third kappa shape index (κ3) is 1.66. The summed E-state index contributed by atoms with van der Waals surface area (Å²) >= 11 is 11.1. The topological polar surface area (TPSA) is 23.8 Å². The molecule has 14 heavy (non-hydrogen) atoms. The number of fused-ring (bicyclic) bond motifs is 1. The molecule has 0 aliphatic carbocycles. The maximum atomic E-state index is 8.60. The molecule has 0 unspecified atom stereocenters. The molecule has 0 saturated heterocycles. The lowest BCUT2D eigenvalue weighted by molar-refractivity contribution is 1.32. The summed E-state index contributed by atoms with van der Waals surface area (Å²) in [5, 5.41) is 10.4. The van der Waals surface area contributed by atoms with Crippen LogP contribution < -0.4 is 0 Å². The first-order valence-corrected chi connectivity index (χ1v) is 5.94. The summed E-state index contributed by atoms with van der Waals surface area (Å²) in [5.41, 5.74) is 0. The molecule has 4 heteroatoms. The number of nitriles is 1.